The molecule has 0 spiro atoms. The van der Waals surface area contributed by atoms with E-state index in [1.165, 1.54) is 5.56 Å². The normalized spacial score (nSPS) is 15.2. The standard InChI is InChI=1S/C22H27N5/c1-2-26-14-16-27(17-15-26)22-24-20-11-7-6-10-19(20)21(25-22)23-13-12-18-8-4-3-5-9-18/h3-11H,2,12-17H2,1H3,(H,23,24,25). The Kier molecular flexibility index (Phi) is 5.49. The van der Waals surface area contributed by atoms with Gasteiger partial charge in [0, 0.05) is 38.1 Å². The zero-order valence-electron chi connectivity index (χ0n) is 15.9. The molecule has 1 N–H and O–H groups in total. The third-order valence-corrected chi connectivity index (χ3v) is 5.24. The van der Waals surface area contributed by atoms with Crippen LogP contribution in [0.3, 0.4) is 0 Å². The van der Waals surface area contributed by atoms with Gasteiger partial charge in [-0.1, -0.05) is 49.4 Å². The van der Waals surface area contributed by atoms with E-state index in [2.05, 4.69) is 64.5 Å². The fourth-order valence-electron chi connectivity index (χ4n) is 3.57. The van der Waals surface area contributed by atoms with Crippen molar-refractivity contribution in [3.8, 4) is 0 Å². The maximum atomic E-state index is 4.89. The number of rotatable bonds is 6. The molecule has 0 amide bonds. The first-order valence-corrected chi connectivity index (χ1v) is 9.85. The van der Waals surface area contributed by atoms with E-state index in [0.29, 0.717) is 0 Å². The summed E-state index contributed by atoms with van der Waals surface area (Å²) in [6.45, 7) is 8.29. The van der Waals surface area contributed by atoms with Crippen molar-refractivity contribution in [2.75, 3.05) is 49.5 Å². The van der Waals surface area contributed by atoms with Crippen molar-refractivity contribution in [1.29, 1.82) is 0 Å². The lowest BCUT2D eigenvalue weighted by Crippen LogP contribution is -2.46. The number of nitrogens with zero attached hydrogens (tertiary/aromatic N) is 4. The zero-order chi connectivity index (χ0) is 18.5. The van der Waals surface area contributed by atoms with Gasteiger partial charge in [-0.15, -0.1) is 0 Å². The SMILES string of the molecule is CCN1CCN(c2nc(NCCc3ccccc3)c3ccccc3n2)CC1. The molecule has 1 fully saturated rings. The molecule has 3 aromatic rings. The van der Waals surface area contributed by atoms with Crippen molar-refractivity contribution < 1.29 is 0 Å². The molecule has 0 radical (unpaired) electrons. The van der Waals surface area contributed by atoms with Crippen LogP contribution >= 0.6 is 0 Å². The minimum atomic E-state index is 0.840. The van der Waals surface area contributed by atoms with Crippen molar-refractivity contribution in [3.63, 3.8) is 0 Å². The summed E-state index contributed by atoms with van der Waals surface area (Å²) in [5, 5.41) is 4.63. The molecule has 1 aliphatic rings. The number of benzene rings is 2. The maximum absolute atomic E-state index is 4.89. The lowest BCUT2D eigenvalue weighted by atomic mass is 10.1. The Hall–Kier alpha value is -2.66. The Morgan fingerprint density at radius 3 is 2.41 bits per heavy atom. The van der Waals surface area contributed by atoms with Crippen LogP contribution in [0.4, 0.5) is 11.8 Å². The number of nitrogens with one attached hydrogen (secondary N) is 1. The quantitative estimate of drug-likeness (QED) is 0.729. The molecule has 1 aliphatic heterocycles. The van der Waals surface area contributed by atoms with Gasteiger partial charge in [-0.3, -0.25) is 0 Å². The lowest BCUT2D eigenvalue weighted by molar-refractivity contribution is 0.270. The van der Waals surface area contributed by atoms with Gasteiger partial charge in [-0.25, -0.2) is 4.98 Å². The fourth-order valence-corrected chi connectivity index (χ4v) is 3.57. The molecule has 2 heterocycles. The molecule has 4 rings (SSSR count). The summed E-state index contributed by atoms with van der Waals surface area (Å²) in [6, 6.07) is 18.8. The first kappa shape index (κ1) is 17.7. The smallest absolute Gasteiger partial charge is 0.227 e. The average Bonchev–Trinajstić information content (AvgIpc) is 2.74. The summed E-state index contributed by atoms with van der Waals surface area (Å²) in [4.78, 5) is 14.5. The van der Waals surface area contributed by atoms with Crippen molar-refractivity contribution in [3.05, 3.63) is 60.2 Å². The molecule has 140 valence electrons. The highest BCUT2D eigenvalue weighted by molar-refractivity contribution is 5.90. The number of fused-ring (bicyclic) bond motifs is 1. The van der Waals surface area contributed by atoms with Gasteiger partial charge >= 0.3 is 0 Å². The molecule has 27 heavy (non-hydrogen) atoms. The topological polar surface area (TPSA) is 44.3 Å². The third-order valence-electron chi connectivity index (χ3n) is 5.24. The molecule has 5 heteroatoms. The Bertz CT molecular complexity index is 872. The molecule has 0 bridgehead atoms. The molecule has 0 atom stereocenters. The second kappa shape index (κ2) is 8.35. The van der Waals surface area contributed by atoms with Crippen molar-refractivity contribution in [1.82, 2.24) is 14.9 Å². The van der Waals surface area contributed by atoms with Crippen LogP contribution in [0.25, 0.3) is 10.9 Å². The largest absolute Gasteiger partial charge is 0.369 e. The minimum Gasteiger partial charge on any atom is -0.369 e. The average molecular weight is 361 g/mol. The Labute approximate surface area is 161 Å². The Balaban J connectivity index is 1.53. The maximum Gasteiger partial charge on any atom is 0.227 e. The Morgan fingerprint density at radius 1 is 0.889 bits per heavy atom. The van der Waals surface area contributed by atoms with Gasteiger partial charge in [-0.2, -0.15) is 4.98 Å². The van der Waals surface area contributed by atoms with E-state index in [1.54, 1.807) is 0 Å². The van der Waals surface area contributed by atoms with Crippen molar-refractivity contribution in [2.45, 2.75) is 13.3 Å². The third kappa shape index (κ3) is 4.19. The first-order chi connectivity index (χ1) is 13.3. The summed E-state index contributed by atoms with van der Waals surface area (Å²) in [5.41, 5.74) is 2.34. The lowest BCUT2D eigenvalue weighted by Gasteiger charge is -2.34. The highest BCUT2D eigenvalue weighted by atomic mass is 15.3. The van der Waals surface area contributed by atoms with E-state index in [1.807, 2.05) is 12.1 Å². The van der Waals surface area contributed by atoms with Crippen molar-refractivity contribution >= 4 is 22.7 Å². The molecular weight excluding hydrogens is 334 g/mol. The van der Waals surface area contributed by atoms with Gasteiger partial charge in [0.15, 0.2) is 0 Å². The molecule has 2 aromatic carbocycles. The van der Waals surface area contributed by atoms with Crippen LogP contribution in [-0.4, -0.2) is 54.1 Å². The summed E-state index contributed by atoms with van der Waals surface area (Å²) < 4.78 is 0. The van der Waals surface area contributed by atoms with E-state index in [0.717, 1.165) is 68.4 Å². The second-order valence-electron chi connectivity index (χ2n) is 6.97. The predicted octanol–water partition coefficient (Wildman–Crippen LogP) is 3.43. The van der Waals surface area contributed by atoms with Crippen LogP contribution in [0, 0.1) is 0 Å². The minimum absolute atomic E-state index is 0.840. The van der Waals surface area contributed by atoms with Gasteiger partial charge in [0.2, 0.25) is 5.95 Å². The van der Waals surface area contributed by atoms with Gasteiger partial charge in [0.05, 0.1) is 5.52 Å². The number of hydrogen-bond donors (Lipinski definition) is 1. The number of piperazine rings is 1. The van der Waals surface area contributed by atoms with Crippen LogP contribution in [0.2, 0.25) is 0 Å². The van der Waals surface area contributed by atoms with Crippen LogP contribution in [0.1, 0.15) is 12.5 Å². The molecule has 1 aromatic heterocycles. The molecule has 0 unspecified atom stereocenters. The van der Waals surface area contributed by atoms with Crippen LogP contribution in [0.5, 0.6) is 0 Å². The summed E-state index contributed by atoms with van der Waals surface area (Å²) in [6.07, 6.45) is 0.976. The molecule has 0 aliphatic carbocycles. The summed E-state index contributed by atoms with van der Waals surface area (Å²) >= 11 is 0. The molecule has 0 saturated carbocycles. The second-order valence-corrected chi connectivity index (χ2v) is 6.97. The van der Waals surface area contributed by atoms with Crippen LogP contribution in [-0.2, 0) is 6.42 Å². The van der Waals surface area contributed by atoms with Gasteiger partial charge in [0.1, 0.15) is 5.82 Å². The molecular formula is C22H27N5. The van der Waals surface area contributed by atoms with E-state index in [4.69, 9.17) is 9.97 Å². The molecule has 1 saturated heterocycles. The van der Waals surface area contributed by atoms with Crippen LogP contribution in [0.15, 0.2) is 54.6 Å². The van der Waals surface area contributed by atoms with E-state index >= 15 is 0 Å². The monoisotopic (exact) mass is 361 g/mol. The van der Waals surface area contributed by atoms with Crippen LogP contribution < -0.4 is 10.2 Å². The highest BCUT2D eigenvalue weighted by Gasteiger charge is 2.19. The van der Waals surface area contributed by atoms with E-state index in [9.17, 15) is 0 Å². The van der Waals surface area contributed by atoms with Gasteiger partial charge in [0.25, 0.3) is 0 Å². The number of hydrogen-bond acceptors (Lipinski definition) is 5. The number of aromatic nitrogens is 2. The zero-order valence-corrected chi connectivity index (χ0v) is 15.9. The molecule has 5 nitrogen and oxygen atoms in total. The van der Waals surface area contributed by atoms with Gasteiger partial charge in [-0.05, 0) is 30.7 Å². The fraction of sp³-hybridized carbons (Fsp3) is 0.364. The summed E-state index contributed by atoms with van der Waals surface area (Å²) in [7, 11) is 0. The van der Waals surface area contributed by atoms with E-state index < -0.39 is 0 Å². The van der Waals surface area contributed by atoms with E-state index in [-0.39, 0.29) is 0 Å². The van der Waals surface area contributed by atoms with Gasteiger partial charge < -0.3 is 15.1 Å². The predicted molar refractivity (Wildman–Crippen MR) is 113 cm³/mol. The number of likely N-dealkylation sites (N-methyl/N-ethyl adjacent to an activating group) is 1. The Morgan fingerprint density at radius 2 is 1.63 bits per heavy atom. The summed E-state index contributed by atoms with van der Waals surface area (Å²) in [5.74, 6) is 1.77. The van der Waals surface area contributed by atoms with Crippen molar-refractivity contribution in [2.24, 2.45) is 0 Å². The number of para-hydroxylation sites is 1. The first-order valence-electron chi connectivity index (χ1n) is 9.85. The highest BCUT2D eigenvalue weighted by Crippen LogP contribution is 2.24. The number of anilines is 2.